The molecule has 1 nitrogen and oxygen atoms in total. The van der Waals surface area contributed by atoms with Crippen LogP contribution in [0.25, 0.3) is 0 Å². The summed E-state index contributed by atoms with van der Waals surface area (Å²) in [6, 6.07) is 4.49. The monoisotopic (exact) mass is 274 g/mol. The van der Waals surface area contributed by atoms with Crippen LogP contribution in [0.4, 0.5) is 0 Å². The molecule has 0 aromatic heterocycles. The van der Waals surface area contributed by atoms with E-state index in [1.54, 1.807) is 0 Å². The molecular weight excluding hydrogens is 244 g/mol. The Morgan fingerprint density at radius 2 is 1.80 bits per heavy atom. The van der Waals surface area contributed by atoms with E-state index in [2.05, 4.69) is 32.9 Å². The largest absolute Gasteiger partial charge is 0.392 e. The summed E-state index contributed by atoms with van der Waals surface area (Å²) < 4.78 is 0. The molecule has 0 atom stereocenters. The van der Waals surface area contributed by atoms with Gasteiger partial charge >= 0.3 is 0 Å². The lowest BCUT2D eigenvalue weighted by Gasteiger charge is -2.41. The van der Waals surface area contributed by atoms with Gasteiger partial charge in [0.15, 0.2) is 0 Å². The Bertz CT molecular complexity index is 436. The van der Waals surface area contributed by atoms with Crippen molar-refractivity contribution in [3.05, 3.63) is 34.4 Å². The highest BCUT2D eigenvalue weighted by Crippen LogP contribution is 2.46. The third kappa shape index (κ3) is 2.79. The van der Waals surface area contributed by atoms with E-state index in [0.717, 1.165) is 6.42 Å². The van der Waals surface area contributed by atoms with Crippen molar-refractivity contribution in [1.82, 2.24) is 0 Å². The van der Waals surface area contributed by atoms with Crippen LogP contribution in [0.5, 0.6) is 0 Å². The summed E-state index contributed by atoms with van der Waals surface area (Å²) in [5, 5.41) is 9.93. The third-order valence-corrected chi connectivity index (χ3v) is 5.24. The highest BCUT2D eigenvalue weighted by Gasteiger charge is 2.36. The van der Waals surface area contributed by atoms with E-state index in [1.165, 1.54) is 67.2 Å². The standard InChI is InChI=1S/C19H30O/c1-4-11-19(12-7-6-8-13-19)18-16(5-2)10-9-15(3)17(18)14-20/h9-10,20H,4-8,11-14H2,1-3H3. The van der Waals surface area contributed by atoms with Crippen LogP contribution in [-0.4, -0.2) is 5.11 Å². The fourth-order valence-electron chi connectivity index (χ4n) is 4.29. The molecule has 1 N–H and O–H groups in total. The van der Waals surface area contributed by atoms with Gasteiger partial charge in [-0.2, -0.15) is 0 Å². The Morgan fingerprint density at radius 1 is 1.10 bits per heavy atom. The van der Waals surface area contributed by atoms with Crippen LogP contribution in [0.2, 0.25) is 0 Å². The Morgan fingerprint density at radius 3 is 2.35 bits per heavy atom. The first-order valence-corrected chi connectivity index (χ1v) is 8.41. The number of rotatable bonds is 5. The van der Waals surface area contributed by atoms with Crippen LogP contribution in [0.3, 0.4) is 0 Å². The normalized spacial score (nSPS) is 18.2. The second-order valence-electron chi connectivity index (χ2n) is 6.50. The molecule has 1 aliphatic carbocycles. The minimum Gasteiger partial charge on any atom is -0.392 e. The van der Waals surface area contributed by atoms with Gasteiger partial charge in [0, 0.05) is 0 Å². The molecule has 1 heteroatoms. The number of hydrogen-bond acceptors (Lipinski definition) is 1. The lowest BCUT2D eigenvalue weighted by molar-refractivity contribution is 0.249. The molecule has 0 spiro atoms. The van der Waals surface area contributed by atoms with E-state index in [1.807, 2.05) is 0 Å². The van der Waals surface area contributed by atoms with Crippen LogP contribution in [-0.2, 0) is 18.4 Å². The highest BCUT2D eigenvalue weighted by molar-refractivity contribution is 5.45. The molecule has 0 bridgehead atoms. The number of aryl methyl sites for hydroxylation is 2. The Balaban J connectivity index is 2.59. The predicted octanol–water partition coefficient (Wildman–Crippen LogP) is 5.05. The summed E-state index contributed by atoms with van der Waals surface area (Å²) >= 11 is 0. The van der Waals surface area contributed by atoms with Crippen LogP contribution >= 0.6 is 0 Å². The summed E-state index contributed by atoms with van der Waals surface area (Å²) in [5.41, 5.74) is 5.81. The molecule has 0 amide bonds. The molecule has 0 heterocycles. The molecule has 0 aliphatic heterocycles. The first-order valence-electron chi connectivity index (χ1n) is 8.41. The molecule has 1 aromatic carbocycles. The molecule has 112 valence electrons. The van der Waals surface area contributed by atoms with E-state index < -0.39 is 0 Å². The summed E-state index contributed by atoms with van der Waals surface area (Å²) in [7, 11) is 0. The summed E-state index contributed by atoms with van der Waals surface area (Å²) in [4.78, 5) is 0. The molecule has 0 unspecified atom stereocenters. The van der Waals surface area contributed by atoms with Gasteiger partial charge in [0.1, 0.15) is 0 Å². The van der Waals surface area contributed by atoms with Gasteiger partial charge in [-0.1, -0.05) is 51.7 Å². The highest BCUT2D eigenvalue weighted by atomic mass is 16.3. The van der Waals surface area contributed by atoms with Gasteiger partial charge in [0.2, 0.25) is 0 Å². The van der Waals surface area contributed by atoms with Gasteiger partial charge in [-0.15, -0.1) is 0 Å². The first-order chi connectivity index (χ1) is 9.68. The van der Waals surface area contributed by atoms with Crippen molar-refractivity contribution >= 4 is 0 Å². The molecule has 20 heavy (non-hydrogen) atoms. The van der Waals surface area contributed by atoms with Crippen molar-refractivity contribution in [3.63, 3.8) is 0 Å². The van der Waals surface area contributed by atoms with Crippen molar-refractivity contribution in [3.8, 4) is 0 Å². The molecule has 0 radical (unpaired) electrons. The zero-order valence-corrected chi connectivity index (χ0v) is 13.5. The average molecular weight is 274 g/mol. The third-order valence-electron chi connectivity index (χ3n) is 5.24. The molecule has 1 aromatic rings. The maximum Gasteiger partial charge on any atom is 0.0687 e. The van der Waals surface area contributed by atoms with E-state index in [-0.39, 0.29) is 6.61 Å². The van der Waals surface area contributed by atoms with Crippen LogP contribution in [0.1, 0.15) is 81.0 Å². The summed E-state index contributed by atoms with van der Waals surface area (Å²) in [6.45, 7) is 6.89. The maximum atomic E-state index is 9.93. The smallest absolute Gasteiger partial charge is 0.0687 e. The molecule has 1 fully saturated rings. The van der Waals surface area contributed by atoms with Gasteiger partial charge in [0.05, 0.1) is 6.61 Å². The minimum absolute atomic E-state index is 0.195. The number of aliphatic hydroxyl groups is 1. The van der Waals surface area contributed by atoms with Crippen molar-refractivity contribution in [1.29, 1.82) is 0 Å². The number of benzene rings is 1. The molecule has 2 rings (SSSR count). The van der Waals surface area contributed by atoms with Gasteiger partial charge in [-0.05, 0) is 60.3 Å². The second-order valence-corrected chi connectivity index (χ2v) is 6.50. The lowest BCUT2D eigenvalue weighted by Crippen LogP contribution is -2.32. The van der Waals surface area contributed by atoms with Gasteiger partial charge in [-0.25, -0.2) is 0 Å². The first kappa shape index (κ1) is 15.6. The van der Waals surface area contributed by atoms with Crippen molar-refractivity contribution in [2.45, 2.75) is 84.2 Å². The maximum absolute atomic E-state index is 9.93. The topological polar surface area (TPSA) is 20.2 Å². The van der Waals surface area contributed by atoms with Crippen LogP contribution in [0.15, 0.2) is 12.1 Å². The molecule has 1 saturated carbocycles. The number of aliphatic hydroxyl groups excluding tert-OH is 1. The Kier molecular flexibility index (Phi) is 5.26. The van der Waals surface area contributed by atoms with Crippen LogP contribution < -0.4 is 0 Å². The van der Waals surface area contributed by atoms with Crippen LogP contribution in [0, 0.1) is 6.92 Å². The summed E-state index contributed by atoms with van der Waals surface area (Å²) in [6.07, 6.45) is 10.3. The molecular formula is C19H30O. The van der Waals surface area contributed by atoms with E-state index in [0.29, 0.717) is 5.41 Å². The van der Waals surface area contributed by atoms with Gasteiger partial charge < -0.3 is 5.11 Å². The minimum atomic E-state index is 0.195. The van der Waals surface area contributed by atoms with E-state index in [4.69, 9.17) is 0 Å². The Hall–Kier alpha value is -0.820. The zero-order chi connectivity index (χ0) is 14.6. The fraction of sp³-hybridized carbons (Fsp3) is 0.684. The predicted molar refractivity (Wildman–Crippen MR) is 86.2 cm³/mol. The second kappa shape index (κ2) is 6.76. The van der Waals surface area contributed by atoms with Gasteiger partial charge in [0.25, 0.3) is 0 Å². The van der Waals surface area contributed by atoms with E-state index in [9.17, 15) is 5.11 Å². The fourth-order valence-corrected chi connectivity index (χ4v) is 4.29. The average Bonchev–Trinajstić information content (AvgIpc) is 2.48. The zero-order valence-electron chi connectivity index (χ0n) is 13.5. The molecule has 0 saturated heterocycles. The van der Waals surface area contributed by atoms with Crippen molar-refractivity contribution in [2.24, 2.45) is 0 Å². The van der Waals surface area contributed by atoms with Gasteiger partial charge in [-0.3, -0.25) is 0 Å². The van der Waals surface area contributed by atoms with Crippen molar-refractivity contribution in [2.75, 3.05) is 0 Å². The molecule has 1 aliphatic rings. The van der Waals surface area contributed by atoms with E-state index >= 15 is 0 Å². The lowest BCUT2D eigenvalue weighted by atomic mass is 9.64. The Labute approximate surface area is 124 Å². The summed E-state index contributed by atoms with van der Waals surface area (Å²) in [5.74, 6) is 0. The quantitative estimate of drug-likeness (QED) is 0.796. The number of hydrogen-bond donors (Lipinski definition) is 1. The van der Waals surface area contributed by atoms with Crippen molar-refractivity contribution < 1.29 is 5.11 Å². The SMILES string of the molecule is CCCC1(c2c(CC)ccc(C)c2CO)CCCCC1.